The molecule has 1 unspecified atom stereocenters. The maximum absolute atomic E-state index is 12.0. The minimum Gasteiger partial charge on any atom is -0.383 e. The van der Waals surface area contributed by atoms with Gasteiger partial charge in [-0.2, -0.15) is 12.6 Å². The van der Waals surface area contributed by atoms with Crippen molar-refractivity contribution in [1.82, 2.24) is 10.6 Å². The quantitative estimate of drug-likeness (QED) is 0.317. The number of hydrogen-bond donors (Lipinski definition) is 4. The number of amides is 2. The number of hydrogen-bond acceptors (Lipinski definition) is 6. The zero-order valence-electron chi connectivity index (χ0n) is 14.5. The van der Waals surface area contributed by atoms with E-state index in [1.165, 1.54) is 0 Å². The fourth-order valence-corrected chi connectivity index (χ4v) is 2.68. The molecule has 3 N–H and O–H groups in total. The van der Waals surface area contributed by atoms with Crippen molar-refractivity contribution in [3.63, 3.8) is 0 Å². The fraction of sp³-hybridized carbons (Fsp3) is 0.857. The van der Waals surface area contributed by atoms with Gasteiger partial charge in [-0.15, -0.1) is 0 Å². The first kappa shape index (κ1) is 22.9. The summed E-state index contributed by atoms with van der Waals surface area (Å²) in [7, 11) is 0.406. The maximum atomic E-state index is 12.0. The van der Waals surface area contributed by atoms with Crippen molar-refractivity contribution in [2.45, 2.75) is 26.4 Å². The third-order valence-corrected chi connectivity index (χ3v) is 7.60. The second-order valence-electron chi connectivity index (χ2n) is 6.08. The van der Waals surface area contributed by atoms with Gasteiger partial charge in [0.05, 0.1) is 6.61 Å². The molecule has 0 spiro atoms. The standard InChI is InChI=1S/C14H30N2O4S3/c1-14(2,10-20-23(4,5)22-3)12(18)13(19)16-7-6-11(17)15-8-9-21/h12,18,21H,6-10H2,1-5H3,(H,15,17)(H,16,19). The first-order chi connectivity index (χ1) is 10.6. The second-order valence-corrected chi connectivity index (χ2v) is 12.8. The minimum atomic E-state index is -1.23. The molecule has 138 valence electrons. The monoisotopic (exact) mass is 386 g/mol. The smallest absolute Gasteiger partial charge is 0.249 e. The average molecular weight is 387 g/mol. The van der Waals surface area contributed by atoms with E-state index in [1.54, 1.807) is 24.6 Å². The summed E-state index contributed by atoms with van der Waals surface area (Å²) in [5.41, 5.74) is -0.710. The molecule has 0 aromatic rings. The highest BCUT2D eigenvalue weighted by molar-refractivity contribution is 8.91. The van der Waals surface area contributed by atoms with Crippen LogP contribution in [0.3, 0.4) is 0 Å². The van der Waals surface area contributed by atoms with Crippen LogP contribution < -0.4 is 10.6 Å². The summed E-state index contributed by atoms with van der Waals surface area (Å²) >= 11 is 4.00. The molecule has 0 aromatic carbocycles. The third-order valence-electron chi connectivity index (χ3n) is 3.19. The Balaban J connectivity index is 4.27. The zero-order chi connectivity index (χ0) is 18.1. The molecule has 2 amide bonds. The first-order valence-corrected chi connectivity index (χ1v) is 12.1. The lowest BCUT2D eigenvalue weighted by Crippen LogP contribution is -2.46. The Bertz CT molecular complexity index is 392. The summed E-state index contributed by atoms with van der Waals surface area (Å²) in [6, 6.07) is 0. The first-order valence-electron chi connectivity index (χ1n) is 7.32. The second kappa shape index (κ2) is 10.7. The van der Waals surface area contributed by atoms with Crippen LogP contribution in [-0.2, 0) is 13.8 Å². The Kier molecular flexibility index (Phi) is 10.7. The van der Waals surface area contributed by atoms with E-state index in [1.807, 2.05) is 18.8 Å². The van der Waals surface area contributed by atoms with E-state index in [0.717, 1.165) is 0 Å². The molecule has 0 rings (SSSR count). The molecule has 0 saturated heterocycles. The Morgan fingerprint density at radius 1 is 1.30 bits per heavy atom. The lowest BCUT2D eigenvalue weighted by atomic mass is 9.87. The van der Waals surface area contributed by atoms with E-state index >= 15 is 0 Å². The highest BCUT2D eigenvalue weighted by Crippen LogP contribution is 2.53. The Labute approximate surface area is 150 Å². The van der Waals surface area contributed by atoms with Crippen molar-refractivity contribution in [3.05, 3.63) is 0 Å². The fourth-order valence-electron chi connectivity index (χ4n) is 1.46. The van der Waals surface area contributed by atoms with Crippen molar-refractivity contribution < 1.29 is 18.9 Å². The molecule has 0 bridgehead atoms. The summed E-state index contributed by atoms with van der Waals surface area (Å²) in [4.78, 5) is 23.4. The van der Waals surface area contributed by atoms with Gasteiger partial charge >= 0.3 is 0 Å². The van der Waals surface area contributed by atoms with Crippen LogP contribution in [0.25, 0.3) is 0 Å². The largest absolute Gasteiger partial charge is 0.383 e. The van der Waals surface area contributed by atoms with Gasteiger partial charge in [-0.1, -0.05) is 34.0 Å². The molecule has 0 radical (unpaired) electrons. The SMILES string of the molecule is CSS(C)(C)OCC(C)(C)C(O)C(=O)NCCC(=O)NCCS. The molecule has 1 atom stereocenters. The summed E-state index contributed by atoms with van der Waals surface area (Å²) in [6.07, 6.45) is 4.99. The van der Waals surface area contributed by atoms with E-state index in [0.29, 0.717) is 12.3 Å². The van der Waals surface area contributed by atoms with Crippen LogP contribution in [0.2, 0.25) is 0 Å². The number of aliphatic hydroxyl groups excluding tert-OH is 1. The van der Waals surface area contributed by atoms with Crippen molar-refractivity contribution in [3.8, 4) is 0 Å². The molecular formula is C14H30N2O4S3. The Hall–Kier alpha value is -0.0900. The number of carbonyl (C=O) groups is 2. The van der Waals surface area contributed by atoms with Crippen LogP contribution in [0.15, 0.2) is 0 Å². The predicted octanol–water partition coefficient (Wildman–Crippen LogP) is 1.20. The number of aliphatic hydroxyl groups is 1. The van der Waals surface area contributed by atoms with Crippen LogP contribution >= 0.6 is 32.8 Å². The highest BCUT2D eigenvalue weighted by Gasteiger charge is 2.35. The van der Waals surface area contributed by atoms with E-state index in [9.17, 15) is 14.7 Å². The zero-order valence-corrected chi connectivity index (χ0v) is 17.1. The lowest BCUT2D eigenvalue weighted by Gasteiger charge is -2.35. The van der Waals surface area contributed by atoms with Crippen LogP contribution in [0.4, 0.5) is 0 Å². The van der Waals surface area contributed by atoms with Gasteiger partial charge in [0.1, 0.15) is 6.10 Å². The number of nitrogens with one attached hydrogen (secondary N) is 2. The molecule has 6 nitrogen and oxygen atoms in total. The van der Waals surface area contributed by atoms with E-state index in [2.05, 4.69) is 23.3 Å². The third kappa shape index (κ3) is 9.71. The average Bonchev–Trinajstić information content (AvgIpc) is 2.50. The van der Waals surface area contributed by atoms with Gasteiger partial charge < -0.3 is 19.9 Å². The van der Waals surface area contributed by atoms with Crippen LogP contribution in [0, 0.1) is 5.41 Å². The van der Waals surface area contributed by atoms with Crippen molar-refractivity contribution in [2.24, 2.45) is 5.41 Å². The van der Waals surface area contributed by atoms with Gasteiger partial charge in [0.2, 0.25) is 11.8 Å². The summed E-state index contributed by atoms with van der Waals surface area (Å²) in [5, 5.41) is 15.5. The van der Waals surface area contributed by atoms with Crippen molar-refractivity contribution in [2.75, 3.05) is 44.2 Å². The summed E-state index contributed by atoms with van der Waals surface area (Å²) in [5.74, 6) is -0.0707. The highest BCUT2D eigenvalue weighted by atomic mass is 33.2. The van der Waals surface area contributed by atoms with Crippen molar-refractivity contribution >= 4 is 44.6 Å². The molecule has 0 saturated carbocycles. The normalized spacial score (nSPS) is 14.2. The maximum Gasteiger partial charge on any atom is 0.249 e. The van der Waals surface area contributed by atoms with Crippen molar-refractivity contribution in [1.29, 1.82) is 0 Å². The van der Waals surface area contributed by atoms with Crippen LogP contribution in [-0.4, -0.2) is 67.2 Å². The Morgan fingerprint density at radius 3 is 2.43 bits per heavy atom. The van der Waals surface area contributed by atoms with Gasteiger partial charge in [0.15, 0.2) is 0 Å². The Morgan fingerprint density at radius 2 is 1.91 bits per heavy atom. The van der Waals surface area contributed by atoms with Gasteiger partial charge in [-0.05, 0) is 18.8 Å². The minimum absolute atomic E-state index is 0.151. The van der Waals surface area contributed by atoms with E-state index in [4.69, 9.17) is 4.18 Å². The van der Waals surface area contributed by atoms with E-state index in [-0.39, 0.29) is 25.5 Å². The molecule has 0 aliphatic carbocycles. The molecule has 0 aliphatic rings. The van der Waals surface area contributed by atoms with Crippen LogP contribution in [0.5, 0.6) is 0 Å². The van der Waals surface area contributed by atoms with Gasteiger partial charge in [0, 0.05) is 30.7 Å². The van der Waals surface area contributed by atoms with Gasteiger partial charge in [0.25, 0.3) is 0 Å². The molecule has 0 aliphatic heterocycles. The van der Waals surface area contributed by atoms with Crippen LogP contribution in [0.1, 0.15) is 20.3 Å². The van der Waals surface area contributed by atoms with Gasteiger partial charge in [-0.25, -0.2) is 0 Å². The molecule has 0 fully saturated rings. The molecule has 0 heterocycles. The molecule has 0 aromatic heterocycles. The predicted molar refractivity (Wildman–Crippen MR) is 103 cm³/mol. The number of carbonyl (C=O) groups excluding carboxylic acids is 2. The molecule has 23 heavy (non-hydrogen) atoms. The number of rotatable bonds is 11. The van der Waals surface area contributed by atoms with E-state index < -0.39 is 26.8 Å². The molecular weight excluding hydrogens is 356 g/mol. The van der Waals surface area contributed by atoms with Gasteiger partial charge in [-0.3, -0.25) is 9.59 Å². The molecule has 9 heteroatoms. The summed E-state index contributed by atoms with van der Waals surface area (Å²) in [6.45, 7) is 4.54. The lowest BCUT2D eigenvalue weighted by molar-refractivity contribution is -0.136. The number of thiol groups is 1. The topological polar surface area (TPSA) is 87.7 Å². The summed E-state index contributed by atoms with van der Waals surface area (Å²) < 4.78 is 5.84.